The number of carbonyl (C=O) groups is 1. The highest BCUT2D eigenvalue weighted by Gasteiger charge is 2.39. The van der Waals surface area contributed by atoms with E-state index in [4.69, 9.17) is 9.47 Å². The minimum absolute atomic E-state index is 0.162. The first-order valence-corrected chi connectivity index (χ1v) is 15.2. The number of carbonyl (C=O) groups excluding carboxylic acids is 1. The Kier molecular flexibility index (Phi) is 11.5. The number of piperidine rings is 1. The Morgan fingerprint density at radius 1 is 1.18 bits per heavy atom. The average Bonchev–Trinajstić information content (AvgIpc) is 2.96. The van der Waals surface area contributed by atoms with Crippen molar-refractivity contribution in [1.82, 2.24) is 10.6 Å². The third-order valence-corrected chi connectivity index (χ3v) is 8.98. The minimum Gasteiger partial charge on any atom is -0.497 e. The molecule has 2 heterocycles. The number of rotatable bonds is 15. The summed E-state index contributed by atoms with van der Waals surface area (Å²) in [5.74, 6) is 1.64. The molecule has 1 spiro atoms. The lowest BCUT2D eigenvalue weighted by atomic mass is 9.73. The van der Waals surface area contributed by atoms with Crippen molar-refractivity contribution in [1.29, 1.82) is 0 Å². The molecule has 2 saturated heterocycles. The second kappa shape index (κ2) is 15.3. The second-order valence-corrected chi connectivity index (χ2v) is 11.9. The number of amides is 1. The van der Waals surface area contributed by atoms with Gasteiger partial charge in [-0.1, -0.05) is 56.4 Å². The van der Waals surface area contributed by atoms with Gasteiger partial charge < -0.3 is 25.0 Å². The number of hydrogen-bond donors (Lipinski definition) is 2. The van der Waals surface area contributed by atoms with Gasteiger partial charge in [0, 0.05) is 57.0 Å². The van der Waals surface area contributed by atoms with Crippen LogP contribution >= 0.6 is 0 Å². The molecule has 1 saturated carbocycles. The van der Waals surface area contributed by atoms with Crippen LogP contribution in [0.4, 0.5) is 10.1 Å². The van der Waals surface area contributed by atoms with E-state index in [0.29, 0.717) is 36.3 Å². The summed E-state index contributed by atoms with van der Waals surface area (Å²) < 4.78 is 26.4. The number of ether oxygens (including phenoxy) is 2. The third kappa shape index (κ3) is 9.12. The van der Waals surface area contributed by atoms with Crippen molar-refractivity contribution in [3.05, 3.63) is 60.2 Å². The first-order chi connectivity index (χ1) is 19.5. The summed E-state index contributed by atoms with van der Waals surface area (Å²) in [6.07, 6.45) is 19.1. The van der Waals surface area contributed by atoms with Gasteiger partial charge in [-0.25, -0.2) is 4.39 Å². The topological polar surface area (TPSA) is 62.8 Å². The smallest absolute Gasteiger partial charge is 0.207 e. The van der Waals surface area contributed by atoms with E-state index < -0.39 is 0 Å². The van der Waals surface area contributed by atoms with Crippen LogP contribution in [0.3, 0.4) is 0 Å². The molecule has 1 aromatic carbocycles. The SMILES string of the molecule is C=C(/C=C\C(=C/CC1CCCCC1)CCC(CCNC=O)Oc1cc(F)cc(N2CCC3(CC2)CNC3)c1)OC. The standard InChI is InChI=1S/C33H48FN3O3/c1-26(39-2)8-9-28(11-10-27-6-4-3-5-7-27)12-13-31(14-17-35-25-38)40-32-21-29(34)20-30(22-32)37-18-15-33(16-19-37)23-36-24-33/h8-9,11,20-22,25,27,31,36H,1,3-7,10,12-19,23-24H2,2H3,(H,35,38)/b9-8-,28-11+. The second-order valence-electron chi connectivity index (χ2n) is 11.9. The Labute approximate surface area is 240 Å². The molecule has 0 aromatic heterocycles. The van der Waals surface area contributed by atoms with Crippen molar-refractivity contribution in [2.24, 2.45) is 11.3 Å². The summed E-state index contributed by atoms with van der Waals surface area (Å²) in [6.45, 7) is 8.50. The fraction of sp³-hybridized carbons (Fsp3) is 0.606. The molecule has 220 valence electrons. The van der Waals surface area contributed by atoms with Gasteiger partial charge >= 0.3 is 0 Å². The Hall–Kier alpha value is -2.80. The highest BCUT2D eigenvalue weighted by Crippen LogP contribution is 2.37. The summed E-state index contributed by atoms with van der Waals surface area (Å²) in [7, 11) is 1.63. The normalized spacial score (nSPS) is 20.2. The lowest BCUT2D eigenvalue weighted by molar-refractivity contribution is -0.109. The van der Waals surface area contributed by atoms with Crippen LogP contribution in [0, 0.1) is 17.2 Å². The van der Waals surface area contributed by atoms with Gasteiger partial charge in [-0.15, -0.1) is 0 Å². The molecule has 1 amide bonds. The van der Waals surface area contributed by atoms with Gasteiger partial charge in [0.25, 0.3) is 0 Å². The van der Waals surface area contributed by atoms with Crippen molar-refractivity contribution in [2.45, 2.75) is 76.7 Å². The lowest BCUT2D eigenvalue weighted by Gasteiger charge is -2.49. The van der Waals surface area contributed by atoms with Crippen LogP contribution in [0.2, 0.25) is 0 Å². The highest BCUT2D eigenvalue weighted by atomic mass is 19.1. The number of hydrogen-bond acceptors (Lipinski definition) is 5. The maximum atomic E-state index is 14.8. The van der Waals surface area contributed by atoms with Gasteiger partial charge in [-0.05, 0) is 55.6 Å². The largest absolute Gasteiger partial charge is 0.497 e. The van der Waals surface area contributed by atoms with Crippen LogP contribution < -0.4 is 20.3 Å². The maximum Gasteiger partial charge on any atom is 0.207 e. The van der Waals surface area contributed by atoms with E-state index in [-0.39, 0.29) is 11.9 Å². The van der Waals surface area contributed by atoms with E-state index in [2.05, 4.69) is 34.3 Å². The fourth-order valence-corrected chi connectivity index (χ4v) is 6.22. The van der Waals surface area contributed by atoms with E-state index >= 15 is 0 Å². The highest BCUT2D eigenvalue weighted by molar-refractivity contribution is 5.52. The Balaban J connectivity index is 1.41. The average molecular weight is 554 g/mol. The summed E-state index contributed by atoms with van der Waals surface area (Å²) in [6, 6.07) is 5.07. The predicted molar refractivity (Wildman–Crippen MR) is 160 cm³/mol. The number of methoxy groups -OCH3 is 1. The molecule has 1 aliphatic carbocycles. The van der Waals surface area contributed by atoms with Crippen LogP contribution in [-0.4, -0.2) is 52.3 Å². The molecule has 1 aromatic rings. The number of allylic oxidation sites excluding steroid dienone is 4. The maximum absolute atomic E-state index is 14.8. The third-order valence-electron chi connectivity index (χ3n) is 8.98. The summed E-state index contributed by atoms with van der Waals surface area (Å²) in [5.41, 5.74) is 2.55. The zero-order chi connectivity index (χ0) is 28.2. The zero-order valence-electron chi connectivity index (χ0n) is 24.3. The Bertz CT molecular complexity index is 1020. The summed E-state index contributed by atoms with van der Waals surface area (Å²) >= 11 is 0. The first kappa shape index (κ1) is 30.2. The molecule has 7 heteroatoms. The van der Waals surface area contributed by atoms with Crippen molar-refractivity contribution in [2.75, 3.05) is 44.7 Å². The van der Waals surface area contributed by atoms with E-state index in [9.17, 15) is 9.18 Å². The van der Waals surface area contributed by atoms with Crippen LogP contribution in [0.5, 0.6) is 5.75 Å². The molecular weight excluding hydrogens is 505 g/mol. The van der Waals surface area contributed by atoms with Crippen LogP contribution in [0.1, 0.15) is 70.6 Å². The molecule has 2 aliphatic heterocycles. The molecule has 40 heavy (non-hydrogen) atoms. The van der Waals surface area contributed by atoms with Gasteiger partial charge in [-0.2, -0.15) is 0 Å². The Morgan fingerprint density at radius 3 is 2.62 bits per heavy atom. The molecule has 3 aliphatic rings. The fourth-order valence-electron chi connectivity index (χ4n) is 6.22. The number of anilines is 1. The number of nitrogens with one attached hydrogen (secondary N) is 2. The van der Waals surface area contributed by atoms with E-state index in [1.54, 1.807) is 13.2 Å². The van der Waals surface area contributed by atoms with E-state index in [1.807, 2.05) is 12.1 Å². The minimum atomic E-state index is -0.281. The van der Waals surface area contributed by atoms with Crippen molar-refractivity contribution >= 4 is 12.1 Å². The van der Waals surface area contributed by atoms with Crippen LogP contribution in [-0.2, 0) is 9.53 Å². The monoisotopic (exact) mass is 553 g/mol. The molecule has 4 rings (SSSR count). The Morgan fingerprint density at radius 2 is 1.95 bits per heavy atom. The molecule has 6 nitrogen and oxygen atoms in total. The van der Waals surface area contributed by atoms with Gasteiger partial charge in [0.2, 0.25) is 6.41 Å². The van der Waals surface area contributed by atoms with Crippen molar-refractivity contribution in [3.8, 4) is 5.75 Å². The summed E-state index contributed by atoms with van der Waals surface area (Å²) in [4.78, 5) is 13.2. The molecule has 0 radical (unpaired) electrons. The number of benzene rings is 1. The zero-order valence-corrected chi connectivity index (χ0v) is 24.3. The molecule has 1 unspecified atom stereocenters. The van der Waals surface area contributed by atoms with Crippen molar-refractivity contribution < 1.29 is 18.7 Å². The number of halogens is 1. The van der Waals surface area contributed by atoms with Crippen LogP contribution in [0.25, 0.3) is 0 Å². The first-order valence-electron chi connectivity index (χ1n) is 15.2. The van der Waals surface area contributed by atoms with Gasteiger partial charge in [0.1, 0.15) is 23.4 Å². The van der Waals surface area contributed by atoms with Crippen molar-refractivity contribution in [3.63, 3.8) is 0 Å². The molecule has 1 atom stereocenters. The molecule has 0 bridgehead atoms. The van der Waals surface area contributed by atoms with E-state index in [0.717, 1.165) is 69.9 Å². The molecule has 2 N–H and O–H groups in total. The van der Waals surface area contributed by atoms with E-state index in [1.165, 1.54) is 43.7 Å². The predicted octanol–water partition coefficient (Wildman–Crippen LogP) is 6.29. The molecular formula is C33H48FN3O3. The lowest BCUT2D eigenvalue weighted by Crippen LogP contribution is -2.58. The number of nitrogens with zero attached hydrogens (tertiary/aromatic N) is 1. The summed E-state index contributed by atoms with van der Waals surface area (Å²) in [5, 5.41) is 6.16. The quantitative estimate of drug-likeness (QED) is 0.116. The van der Waals surface area contributed by atoms with Crippen LogP contribution in [0.15, 0.2) is 54.3 Å². The van der Waals surface area contributed by atoms with Gasteiger partial charge in [0.15, 0.2) is 0 Å². The molecule has 3 fully saturated rings. The van der Waals surface area contributed by atoms with Gasteiger partial charge in [0.05, 0.1) is 7.11 Å². The van der Waals surface area contributed by atoms with Gasteiger partial charge in [-0.3, -0.25) is 4.79 Å².